The van der Waals surface area contributed by atoms with Gasteiger partial charge in [-0.25, -0.2) is 4.98 Å². The maximum Gasteiger partial charge on any atom is 0.203 e. The van der Waals surface area contributed by atoms with Gasteiger partial charge in [0.05, 0.1) is 6.61 Å². The van der Waals surface area contributed by atoms with Gasteiger partial charge in [-0.3, -0.25) is 4.40 Å². The standard InChI is InChI=1S/C11H15N5O/c1-8-14-15-11-10(12-3-4-16(8)11)13-6-9-2-5-17-7-9/h3-4,9H,2,5-7H2,1H3,(H,12,13). The molecule has 3 rings (SSSR count). The third-order valence-corrected chi connectivity index (χ3v) is 3.08. The van der Waals surface area contributed by atoms with E-state index >= 15 is 0 Å². The summed E-state index contributed by atoms with van der Waals surface area (Å²) in [5, 5.41) is 11.5. The van der Waals surface area contributed by atoms with Crippen molar-refractivity contribution in [2.75, 3.05) is 25.1 Å². The zero-order valence-corrected chi connectivity index (χ0v) is 9.76. The number of nitrogens with one attached hydrogen (secondary N) is 1. The van der Waals surface area contributed by atoms with Crippen LogP contribution >= 0.6 is 0 Å². The summed E-state index contributed by atoms with van der Waals surface area (Å²) >= 11 is 0. The molecule has 6 nitrogen and oxygen atoms in total. The molecule has 1 unspecified atom stereocenters. The highest BCUT2D eigenvalue weighted by Crippen LogP contribution is 2.16. The van der Waals surface area contributed by atoms with Crippen molar-refractivity contribution in [3.63, 3.8) is 0 Å². The Morgan fingerprint density at radius 1 is 1.53 bits per heavy atom. The van der Waals surface area contributed by atoms with E-state index in [-0.39, 0.29) is 0 Å². The van der Waals surface area contributed by atoms with Crippen LogP contribution in [0.5, 0.6) is 0 Å². The number of fused-ring (bicyclic) bond motifs is 1. The normalized spacial score (nSPS) is 19.9. The fourth-order valence-corrected chi connectivity index (χ4v) is 2.05. The number of ether oxygens (including phenoxy) is 1. The van der Waals surface area contributed by atoms with Crippen molar-refractivity contribution in [1.82, 2.24) is 19.6 Å². The van der Waals surface area contributed by atoms with Gasteiger partial charge in [0.15, 0.2) is 5.82 Å². The molecule has 0 amide bonds. The molecule has 2 aromatic heterocycles. The van der Waals surface area contributed by atoms with Crippen LogP contribution in [0.4, 0.5) is 5.82 Å². The van der Waals surface area contributed by atoms with E-state index in [9.17, 15) is 0 Å². The number of hydrogen-bond acceptors (Lipinski definition) is 5. The molecular formula is C11H15N5O. The van der Waals surface area contributed by atoms with Gasteiger partial charge in [0.25, 0.3) is 0 Å². The van der Waals surface area contributed by atoms with Crippen LogP contribution < -0.4 is 5.32 Å². The number of aryl methyl sites for hydroxylation is 1. The van der Waals surface area contributed by atoms with Crippen LogP contribution in [0, 0.1) is 12.8 Å². The van der Waals surface area contributed by atoms with Gasteiger partial charge in [-0.15, -0.1) is 10.2 Å². The third-order valence-electron chi connectivity index (χ3n) is 3.08. The molecule has 3 heterocycles. The zero-order valence-electron chi connectivity index (χ0n) is 9.76. The predicted octanol–water partition coefficient (Wildman–Crippen LogP) is 0.881. The monoisotopic (exact) mass is 233 g/mol. The van der Waals surface area contributed by atoms with Gasteiger partial charge in [0.1, 0.15) is 5.82 Å². The van der Waals surface area contributed by atoms with E-state index in [1.807, 2.05) is 17.5 Å². The Kier molecular flexibility index (Phi) is 2.64. The van der Waals surface area contributed by atoms with Crippen molar-refractivity contribution in [3.8, 4) is 0 Å². The molecule has 90 valence electrons. The van der Waals surface area contributed by atoms with Gasteiger partial charge in [0.2, 0.25) is 5.65 Å². The Morgan fingerprint density at radius 2 is 2.47 bits per heavy atom. The molecule has 1 saturated heterocycles. The smallest absolute Gasteiger partial charge is 0.203 e. The van der Waals surface area contributed by atoms with Crippen LogP contribution in [0.25, 0.3) is 5.65 Å². The maximum absolute atomic E-state index is 5.34. The number of nitrogens with zero attached hydrogens (tertiary/aromatic N) is 4. The first-order chi connectivity index (χ1) is 8.34. The summed E-state index contributed by atoms with van der Waals surface area (Å²) in [4.78, 5) is 4.31. The van der Waals surface area contributed by atoms with Crippen LogP contribution in [0.1, 0.15) is 12.2 Å². The van der Waals surface area contributed by atoms with E-state index in [1.54, 1.807) is 6.20 Å². The van der Waals surface area contributed by atoms with Crippen molar-refractivity contribution in [3.05, 3.63) is 18.2 Å². The number of rotatable bonds is 3. The predicted molar refractivity (Wildman–Crippen MR) is 62.9 cm³/mol. The molecule has 2 aromatic rings. The SMILES string of the molecule is Cc1nnc2c(NCC3CCOC3)nccn12. The van der Waals surface area contributed by atoms with E-state index in [0.717, 1.165) is 43.5 Å². The molecule has 0 bridgehead atoms. The summed E-state index contributed by atoms with van der Waals surface area (Å²) in [5.41, 5.74) is 0.781. The van der Waals surface area contributed by atoms with Crippen molar-refractivity contribution in [2.45, 2.75) is 13.3 Å². The molecule has 1 atom stereocenters. The Bertz CT molecular complexity index is 518. The van der Waals surface area contributed by atoms with Crippen LogP contribution in [-0.4, -0.2) is 39.3 Å². The van der Waals surface area contributed by atoms with E-state index < -0.39 is 0 Å². The summed E-state index contributed by atoms with van der Waals surface area (Å²) in [5.74, 6) is 2.23. The molecule has 0 spiro atoms. The second kappa shape index (κ2) is 4.29. The fraction of sp³-hybridized carbons (Fsp3) is 0.545. The van der Waals surface area contributed by atoms with Crippen molar-refractivity contribution in [1.29, 1.82) is 0 Å². The lowest BCUT2D eigenvalue weighted by molar-refractivity contribution is 0.187. The second-order valence-electron chi connectivity index (χ2n) is 4.33. The van der Waals surface area contributed by atoms with Crippen molar-refractivity contribution in [2.24, 2.45) is 5.92 Å². The van der Waals surface area contributed by atoms with Crippen LogP contribution in [-0.2, 0) is 4.74 Å². The number of hydrogen-bond donors (Lipinski definition) is 1. The van der Waals surface area contributed by atoms with Gasteiger partial charge in [-0.05, 0) is 13.3 Å². The largest absolute Gasteiger partial charge is 0.381 e. The molecule has 1 aliphatic rings. The van der Waals surface area contributed by atoms with Gasteiger partial charge < -0.3 is 10.1 Å². The van der Waals surface area contributed by atoms with Gasteiger partial charge in [0, 0.05) is 31.5 Å². The van der Waals surface area contributed by atoms with Crippen molar-refractivity contribution >= 4 is 11.5 Å². The summed E-state index contributed by atoms with van der Waals surface area (Å²) in [6, 6.07) is 0. The molecule has 1 N–H and O–H groups in total. The van der Waals surface area contributed by atoms with E-state index in [0.29, 0.717) is 5.92 Å². The molecule has 6 heteroatoms. The van der Waals surface area contributed by atoms with Gasteiger partial charge in [-0.2, -0.15) is 0 Å². The van der Waals surface area contributed by atoms with Crippen LogP contribution in [0.3, 0.4) is 0 Å². The minimum absolute atomic E-state index is 0.570. The Labute approximate surface area is 99.0 Å². The minimum atomic E-state index is 0.570. The molecule has 1 aliphatic heterocycles. The first kappa shape index (κ1) is 10.5. The quantitative estimate of drug-likeness (QED) is 0.852. The van der Waals surface area contributed by atoms with Crippen LogP contribution in [0.2, 0.25) is 0 Å². The van der Waals surface area contributed by atoms with Gasteiger partial charge in [-0.1, -0.05) is 0 Å². The summed E-state index contributed by atoms with van der Waals surface area (Å²) in [6.45, 7) is 4.50. The third kappa shape index (κ3) is 1.95. The lowest BCUT2D eigenvalue weighted by Gasteiger charge is -2.10. The molecular weight excluding hydrogens is 218 g/mol. The highest BCUT2D eigenvalue weighted by atomic mass is 16.5. The summed E-state index contributed by atoms with van der Waals surface area (Å²) < 4.78 is 7.27. The van der Waals surface area contributed by atoms with Crippen LogP contribution in [0.15, 0.2) is 12.4 Å². The lowest BCUT2D eigenvalue weighted by Crippen LogP contribution is -2.15. The van der Waals surface area contributed by atoms with E-state index in [1.165, 1.54) is 0 Å². The fourth-order valence-electron chi connectivity index (χ4n) is 2.05. The van der Waals surface area contributed by atoms with E-state index in [2.05, 4.69) is 20.5 Å². The first-order valence-electron chi connectivity index (χ1n) is 5.82. The van der Waals surface area contributed by atoms with E-state index in [4.69, 9.17) is 4.74 Å². The Morgan fingerprint density at radius 3 is 3.29 bits per heavy atom. The first-order valence-corrected chi connectivity index (χ1v) is 5.82. The Hall–Kier alpha value is -1.69. The highest BCUT2D eigenvalue weighted by molar-refractivity contribution is 5.61. The topological polar surface area (TPSA) is 64.3 Å². The highest BCUT2D eigenvalue weighted by Gasteiger charge is 2.16. The van der Waals surface area contributed by atoms with Gasteiger partial charge >= 0.3 is 0 Å². The summed E-state index contributed by atoms with van der Waals surface area (Å²) in [7, 11) is 0. The summed E-state index contributed by atoms with van der Waals surface area (Å²) in [6.07, 6.45) is 4.74. The molecule has 17 heavy (non-hydrogen) atoms. The molecule has 0 aromatic carbocycles. The molecule has 0 saturated carbocycles. The zero-order chi connectivity index (χ0) is 11.7. The second-order valence-corrected chi connectivity index (χ2v) is 4.33. The number of aromatic nitrogens is 4. The average Bonchev–Trinajstić information content (AvgIpc) is 2.97. The molecule has 0 aliphatic carbocycles. The Balaban J connectivity index is 1.79. The lowest BCUT2D eigenvalue weighted by atomic mass is 10.1. The number of anilines is 1. The minimum Gasteiger partial charge on any atom is -0.381 e. The average molecular weight is 233 g/mol. The molecule has 1 fully saturated rings. The maximum atomic E-state index is 5.34. The molecule has 0 radical (unpaired) electrons. The van der Waals surface area contributed by atoms with Crippen molar-refractivity contribution < 1.29 is 4.74 Å².